The first kappa shape index (κ1) is 13.8. The Hall–Kier alpha value is -1.30. The zero-order valence-corrected chi connectivity index (χ0v) is 10.1. The zero-order valence-electron chi connectivity index (χ0n) is 10.1. The van der Waals surface area contributed by atoms with Gasteiger partial charge < -0.3 is 25.4 Å². The molecule has 0 radical (unpaired) electrons. The first-order chi connectivity index (χ1) is 7.98. The highest BCUT2D eigenvalue weighted by molar-refractivity contribution is 5.41. The molecule has 96 valence electrons. The Morgan fingerprint density at radius 2 is 2.12 bits per heavy atom. The van der Waals surface area contributed by atoms with E-state index in [9.17, 15) is 10.2 Å². The first-order valence-electron chi connectivity index (χ1n) is 5.38. The fraction of sp³-hybridized carbons (Fsp3) is 0.500. The third-order valence-corrected chi connectivity index (χ3v) is 2.42. The van der Waals surface area contributed by atoms with Crippen molar-refractivity contribution in [3.05, 3.63) is 23.8 Å². The van der Waals surface area contributed by atoms with Crippen LogP contribution in [-0.4, -0.2) is 41.2 Å². The first-order valence-corrected chi connectivity index (χ1v) is 5.38. The van der Waals surface area contributed by atoms with Gasteiger partial charge in [0.15, 0.2) is 11.5 Å². The predicted molar refractivity (Wildman–Crippen MR) is 64.1 cm³/mol. The lowest BCUT2D eigenvalue weighted by molar-refractivity contribution is 0.00253. The number of phenols is 1. The van der Waals surface area contributed by atoms with Crippen molar-refractivity contribution >= 4 is 0 Å². The number of ether oxygens (including phenoxy) is 1. The maximum Gasteiger partial charge on any atom is 0.160 e. The van der Waals surface area contributed by atoms with Gasteiger partial charge in [-0.1, -0.05) is 6.07 Å². The van der Waals surface area contributed by atoms with Crippen LogP contribution in [0.5, 0.6) is 11.5 Å². The quantitative estimate of drug-likeness (QED) is 0.573. The van der Waals surface area contributed by atoms with Crippen molar-refractivity contribution in [2.24, 2.45) is 0 Å². The van der Waals surface area contributed by atoms with Crippen molar-refractivity contribution < 1.29 is 20.1 Å². The number of nitrogens with one attached hydrogen (secondary N) is 1. The van der Waals surface area contributed by atoms with E-state index in [0.717, 1.165) is 5.56 Å². The third kappa shape index (κ3) is 4.22. The van der Waals surface area contributed by atoms with Crippen LogP contribution in [0.15, 0.2) is 18.2 Å². The van der Waals surface area contributed by atoms with E-state index in [4.69, 9.17) is 9.84 Å². The number of aliphatic hydroxyl groups is 2. The molecule has 0 aliphatic heterocycles. The summed E-state index contributed by atoms with van der Waals surface area (Å²) in [5.41, 5.74) is -0.200. The molecule has 1 rings (SSSR count). The van der Waals surface area contributed by atoms with Crippen molar-refractivity contribution in [1.82, 2.24) is 5.32 Å². The van der Waals surface area contributed by atoms with E-state index in [2.05, 4.69) is 5.32 Å². The smallest absolute Gasteiger partial charge is 0.160 e. The Labute approximate surface area is 101 Å². The normalized spacial score (nSPS) is 14.4. The van der Waals surface area contributed by atoms with E-state index >= 15 is 0 Å². The molecule has 5 nitrogen and oxygen atoms in total. The van der Waals surface area contributed by atoms with Crippen molar-refractivity contribution in [3.8, 4) is 11.5 Å². The second-order valence-corrected chi connectivity index (χ2v) is 4.26. The van der Waals surface area contributed by atoms with Gasteiger partial charge in [0, 0.05) is 13.1 Å². The summed E-state index contributed by atoms with van der Waals surface area (Å²) in [4.78, 5) is 0. The van der Waals surface area contributed by atoms with E-state index in [-0.39, 0.29) is 18.9 Å². The number of hydrogen-bond donors (Lipinski definition) is 4. The van der Waals surface area contributed by atoms with Crippen LogP contribution in [0.2, 0.25) is 0 Å². The summed E-state index contributed by atoms with van der Waals surface area (Å²) in [6.07, 6.45) is 0. The molecule has 5 heteroatoms. The van der Waals surface area contributed by atoms with E-state index in [0.29, 0.717) is 12.3 Å². The fourth-order valence-corrected chi connectivity index (χ4v) is 1.36. The Balaban J connectivity index is 2.53. The predicted octanol–water partition coefficient (Wildman–Crippen LogP) is 0.234. The summed E-state index contributed by atoms with van der Waals surface area (Å²) in [6.45, 7) is 2.07. The summed E-state index contributed by atoms with van der Waals surface area (Å²) < 4.78 is 4.99. The topological polar surface area (TPSA) is 82.0 Å². The molecule has 0 bridgehead atoms. The van der Waals surface area contributed by atoms with Gasteiger partial charge in [-0.3, -0.25) is 0 Å². The number of aromatic hydroxyl groups is 1. The van der Waals surface area contributed by atoms with Crippen LogP contribution < -0.4 is 10.1 Å². The molecule has 1 unspecified atom stereocenters. The number of rotatable bonds is 6. The van der Waals surface area contributed by atoms with Crippen LogP contribution >= 0.6 is 0 Å². The van der Waals surface area contributed by atoms with E-state index < -0.39 is 5.60 Å². The van der Waals surface area contributed by atoms with Gasteiger partial charge in [-0.25, -0.2) is 0 Å². The summed E-state index contributed by atoms with van der Waals surface area (Å²) in [7, 11) is 1.49. The number of phenolic OH excluding ortho intramolecular Hbond substituents is 1. The van der Waals surface area contributed by atoms with Gasteiger partial charge >= 0.3 is 0 Å². The summed E-state index contributed by atoms with van der Waals surface area (Å²) in [6, 6.07) is 5.04. The summed E-state index contributed by atoms with van der Waals surface area (Å²) in [5, 5.41) is 30.9. The molecule has 0 aliphatic carbocycles. The van der Waals surface area contributed by atoms with Crippen LogP contribution in [0.4, 0.5) is 0 Å². The fourth-order valence-electron chi connectivity index (χ4n) is 1.36. The molecule has 0 saturated heterocycles. The maximum absolute atomic E-state index is 9.57. The van der Waals surface area contributed by atoms with Gasteiger partial charge in [-0.05, 0) is 24.6 Å². The monoisotopic (exact) mass is 241 g/mol. The highest BCUT2D eigenvalue weighted by Crippen LogP contribution is 2.26. The molecule has 4 N–H and O–H groups in total. The van der Waals surface area contributed by atoms with Crippen LogP contribution in [0.25, 0.3) is 0 Å². The van der Waals surface area contributed by atoms with Crippen molar-refractivity contribution in [3.63, 3.8) is 0 Å². The average molecular weight is 241 g/mol. The average Bonchev–Trinajstić information content (AvgIpc) is 2.31. The Kier molecular flexibility index (Phi) is 4.74. The van der Waals surface area contributed by atoms with Crippen molar-refractivity contribution in [1.29, 1.82) is 0 Å². The van der Waals surface area contributed by atoms with Crippen LogP contribution in [0.3, 0.4) is 0 Å². The molecule has 0 aliphatic rings. The van der Waals surface area contributed by atoms with Gasteiger partial charge in [-0.2, -0.15) is 0 Å². The molecule has 17 heavy (non-hydrogen) atoms. The number of hydrogen-bond acceptors (Lipinski definition) is 5. The molecule has 0 fully saturated rings. The number of aliphatic hydroxyl groups excluding tert-OH is 1. The standard InChI is InChI=1S/C12H19NO4/c1-12(16,8-14)7-13-6-9-3-4-10(15)11(5-9)17-2/h3-5,13-16H,6-8H2,1-2H3. The van der Waals surface area contributed by atoms with Crippen molar-refractivity contribution in [2.45, 2.75) is 19.1 Å². The molecular formula is C12H19NO4. The largest absolute Gasteiger partial charge is 0.504 e. The lowest BCUT2D eigenvalue weighted by Crippen LogP contribution is -2.40. The second-order valence-electron chi connectivity index (χ2n) is 4.26. The molecule has 1 aromatic rings. The lowest BCUT2D eigenvalue weighted by atomic mass is 10.1. The summed E-state index contributed by atoms with van der Waals surface area (Å²) in [5.74, 6) is 0.511. The molecular weight excluding hydrogens is 222 g/mol. The van der Waals surface area contributed by atoms with Crippen LogP contribution in [-0.2, 0) is 6.54 Å². The number of methoxy groups -OCH3 is 1. The van der Waals surface area contributed by atoms with Crippen LogP contribution in [0, 0.1) is 0 Å². The van der Waals surface area contributed by atoms with E-state index in [1.807, 2.05) is 0 Å². The summed E-state index contributed by atoms with van der Waals surface area (Å²) >= 11 is 0. The molecule has 1 aromatic carbocycles. The lowest BCUT2D eigenvalue weighted by Gasteiger charge is -2.20. The minimum atomic E-state index is -1.12. The third-order valence-electron chi connectivity index (χ3n) is 2.42. The van der Waals surface area contributed by atoms with Crippen molar-refractivity contribution in [2.75, 3.05) is 20.3 Å². The number of benzene rings is 1. The molecule has 0 heterocycles. The minimum Gasteiger partial charge on any atom is -0.504 e. The molecule has 1 atom stereocenters. The molecule has 0 aromatic heterocycles. The minimum absolute atomic E-state index is 0.0959. The van der Waals surface area contributed by atoms with Gasteiger partial charge in [0.05, 0.1) is 19.3 Å². The van der Waals surface area contributed by atoms with Crippen LogP contribution in [0.1, 0.15) is 12.5 Å². The Bertz CT molecular complexity index is 366. The molecule has 0 saturated carbocycles. The Morgan fingerprint density at radius 3 is 2.71 bits per heavy atom. The van der Waals surface area contributed by atoms with Gasteiger partial charge in [0.1, 0.15) is 0 Å². The highest BCUT2D eigenvalue weighted by Gasteiger charge is 2.17. The highest BCUT2D eigenvalue weighted by atomic mass is 16.5. The van der Waals surface area contributed by atoms with Gasteiger partial charge in [0.25, 0.3) is 0 Å². The molecule has 0 amide bonds. The van der Waals surface area contributed by atoms with Gasteiger partial charge in [-0.15, -0.1) is 0 Å². The Morgan fingerprint density at radius 1 is 1.41 bits per heavy atom. The van der Waals surface area contributed by atoms with E-state index in [1.54, 1.807) is 25.1 Å². The maximum atomic E-state index is 9.57. The molecule has 0 spiro atoms. The second kappa shape index (κ2) is 5.86. The van der Waals surface area contributed by atoms with E-state index in [1.165, 1.54) is 7.11 Å². The zero-order chi connectivity index (χ0) is 12.9. The van der Waals surface area contributed by atoms with Gasteiger partial charge in [0.2, 0.25) is 0 Å². The SMILES string of the molecule is COc1cc(CNCC(C)(O)CO)ccc1O.